The molecule has 0 saturated carbocycles. The zero-order chi connectivity index (χ0) is 17.6. The number of rotatable bonds is 3. The molecule has 0 heterocycles. The summed E-state index contributed by atoms with van der Waals surface area (Å²) in [4.78, 5) is 12.2. The molecule has 0 unspecified atom stereocenters. The van der Waals surface area contributed by atoms with Crippen molar-refractivity contribution in [2.24, 2.45) is 0 Å². The molecule has 0 spiro atoms. The second-order valence-corrected chi connectivity index (χ2v) is 6.49. The molecule has 0 saturated heterocycles. The fraction of sp³-hybridized carbons (Fsp3) is 0.263. The number of hydrogen-bond acceptors (Lipinski definition) is 2. The first-order chi connectivity index (χ1) is 12.1. The van der Waals surface area contributed by atoms with Crippen LogP contribution in [0.15, 0.2) is 42.5 Å². The Balaban J connectivity index is 1.48. The van der Waals surface area contributed by atoms with Crippen LogP contribution in [0, 0.1) is 5.82 Å². The van der Waals surface area contributed by atoms with Gasteiger partial charge in [0.05, 0.1) is 0 Å². The van der Waals surface area contributed by atoms with Gasteiger partial charge in [0, 0.05) is 12.1 Å². The van der Waals surface area contributed by atoms with Gasteiger partial charge in [0.15, 0.2) is 5.11 Å². The zero-order valence-electron chi connectivity index (χ0n) is 13.8. The molecule has 0 aliphatic heterocycles. The van der Waals surface area contributed by atoms with E-state index in [-0.39, 0.29) is 11.7 Å². The topological polar surface area (TPSA) is 53.2 Å². The predicted molar refractivity (Wildman–Crippen MR) is 99.5 cm³/mol. The lowest BCUT2D eigenvalue weighted by atomic mass is 9.90. The van der Waals surface area contributed by atoms with Crippen molar-refractivity contribution >= 4 is 23.2 Å². The average Bonchev–Trinajstić information content (AvgIpc) is 2.65. The van der Waals surface area contributed by atoms with Gasteiger partial charge in [0.25, 0.3) is 5.91 Å². The minimum Gasteiger partial charge on any atom is -0.357 e. The Morgan fingerprint density at radius 2 is 1.72 bits per heavy atom. The molecule has 3 N–H and O–H groups in total. The maximum atomic E-state index is 12.9. The van der Waals surface area contributed by atoms with Gasteiger partial charge < -0.3 is 5.32 Å². The van der Waals surface area contributed by atoms with E-state index < -0.39 is 0 Å². The third-order valence-corrected chi connectivity index (χ3v) is 4.51. The van der Waals surface area contributed by atoms with Gasteiger partial charge in [-0.1, -0.05) is 18.2 Å². The summed E-state index contributed by atoms with van der Waals surface area (Å²) in [7, 11) is 0. The number of halogens is 1. The van der Waals surface area contributed by atoms with Gasteiger partial charge in [-0.15, -0.1) is 0 Å². The van der Waals surface area contributed by atoms with Gasteiger partial charge in [-0.05, 0) is 78.9 Å². The molecular formula is C19H20FN3OS. The molecule has 2 aromatic rings. The third-order valence-electron chi connectivity index (χ3n) is 4.27. The summed E-state index contributed by atoms with van der Waals surface area (Å²) in [5.74, 6) is -0.499. The van der Waals surface area contributed by atoms with Gasteiger partial charge in [-0.2, -0.15) is 0 Å². The number of hydrogen-bond donors (Lipinski definition) is 3. The fourth-order valence-corrected chi connectivity index (χ4v) is 3.01. The van der Waals surface area contributed by atoms with Crippen LogP contribution in [0.25, 0.3) is 0 Å². The van der Waals surface area contributed by atoms with E-state index in [2.05, 4.69) is 16.2 Å². The lowest BCUT2D eigenvalue weighted by Gasteiger charge is -2.17. The number of amides is 1. The maximum Gasteiger partial charge on any atom is 0.269 e. The van der Waals surface area contributed by atoms with E-state index in [0.717, 1.165) is 18.4 Å². The SMILES string of the molecule is O=C(NNC(=S)NCc1ccc(F)cc1)c1ccc2c(c1)CCCC2. The Morgan fingerprint density at radius 1 is 1.00 bits per heavy atom. The molecule has 0 fully saturated rings. The highest BCUT2D eigenvalue weighted by Crippen LogP contribution is 2.22. The first-order valence-electron chi connectivity index (χ1n) is 8.32. The molecule has 1 aliphatic rings. The highest BCUT2D eigenvalue weighted by molar-refractivity contribution is 7.80. The Morgan fingerprint density at radius 3 is 2.48 bits per heavy atom. The standard InChI is InChI=1S/C19H20FN3OS/c20-17-9-5-13(6-10-17)12-21-19(25)23-22-18(24)16-8-7-14-3-1-2-4-15(14)11-16/h5-11H,1-4,12H2,(H,22,24)(H2,21,23,25). The summed E-state index contributed by atoms with van der Waals surface area (Å²) < 4.78 is 12.9. The van der Waals surface area contributed by atoms with E-state index in [0.29, 0.717) is 17.2 Å². The quantitative estimate of drug-likeness (QED) is 0.584. The molecule has 4 nitrogen and oxygen atoms in total. The second kappa shape index (κ2) is 8.07. The normalized spacial score (nSPS) is 12.8. The van der Waals surface area contributed by atoms with Crippen molar-refractivity contribution in [1.29, 1.82) is 0 Å². The first kappa shape index (κ1) is 17.4. The van der Waals surface area contributed by atoms with Crippen LogP contribution >= 0.6 is 12.2 Å². The van der Waals surface area contributed by atoms with Gasteiger partial charge >= 0.3 is 0 Å². The van der Waals surface area contributed by atoms with Crippen molar-refractivity contribution < 1.29 is 9.18 Å². The number of aryl methyl sites for hydroxylation is 2. The van der Waals surface area contributed by atoms with Crippen LogP contribution in [-0.4, -0.2) is 11.0 Å². The Hall–Kier alpha value is -2.47. The summed E-state index contributed by atoms with van der Waals surface area (Å²) in [6.45, 7) is 0.445. The molecule has 3 rings (SSSR count). The summed E-state index contributed by atoms with van der Waals surface area (Å²) in [5.41, 5.74) is 9.40. The van der Waals surface area contributed by atoms with Crippen LogP contribution < -0.4 is 16.2 Å². The fourth-order valence-electron chi connectivity index (χ4n) is 2.89. The predicted octanol–water partition coefficient (Wildman–Crippen LogP) is 3.01. The molecule has 2 aromatic carbocycles. The largest absolute Gasteiger partial charge is 0.357 e. The lowest BCUT2D eigenvalue weighted by Crippen LogP contribution is -2.46. The van der Waals surface area contributed by atoms with Crippen molar-refractivity contribution in [1.82, 2.24) is 16.2 Å². The van der Waals surface area contributed by atoms with Crippen molar-refractivity contribution in [3.63, 3.8) is 0 Å². The number of carbonyl (C=O) groups excluding carboxylic acids is 1. The summed E-state index contributed by atoms with van der Waals surface area (Å²) in [5, 5.41) is 3.26. The summed E-state index contributed by atoms with van der Waals surface area (Å²) in [6.07, 6.45) is 4.51. The van der Waals surface area contributed by atoms with Crippen LogP contribution in [0.4, 0.5) is 4.39 Å². The van der Waals surface area contributed by atoms with Gasteiger partial charge in [0.1, 0.15) is 5.82 Å². The van der Waals surface area contributed by atoms with E-state index in [4.69, 9.17) is 12.2 Å². The lowest BCUT2D eigenvalue weighted by molar-refractivity contribution is 0.0943. The highest BCUT2D eigenvalue weighted by Gasteiger charge is 2.12. The van der Waals surface area contributed by atoms with E-state index in [9.17, 15) is 9.18 Å². The zero-order valence-corrected chi connectivity index (χ0v) is 14.6. The molecule has 1 amide bonds. The molecule has 1 aliphatic carbocycles. The van der Waals surface area contributed by atoms with Crippen LogP contribution in [-0.2, 0) is 19.4 Å². The van der Waals surface area contributed by atoms with Crippen LogP contribution in [0.3, 0.4) is 0 Å². The molecule has 6 heteroatoms. The molecular weight excluding hydrogens is 337 g/mol. The third kappa shape index (κ3) is 4.76. The minimum atomic E-state index is -0.276. The molecule has 0 atom stereocenters. The number of nitrogens with one attached hydrogen (secondary N) is 3. The molecule has 0 bridgehead atoms. The number of fused-ring (bicyclic) bond motifs is 1. The average molecular weight is 357 g/mol. The van der Waals surface area contributed by atoms with Crippen LogP contribution in [0.1, 0.15) is 39.9 Å². The molecule has 0 radical (unpaired) electrons. The summed E-state index contributed by atoms with van der Waals surface area (Å²) >= 11 is 5.13. The van der Waals surface area contributed by atoms with E-state index in [1.165, 1.54) is 36.1 Å². The van der Waals surface area contributed by atoms with E-state index >= 15 is 0 Å². The van der Waals surface area contributed by atoms with Crippen LogP contribution in [0.2, 0.25) is 0 Å². The Bertz CT molecular complexity index is 777. The van der Waals surface area contributed by atoms with E-state index in [1.54, 1.807) is 12.1 Å². The molecule has 0 aromatic heterocycles. The smallest absolute Gasteiger partial charge is 0.269 e. The minimum absolute atomic E-state index is 0.223. The van der Waals surface area contributed by atoms with Crippen molar-refractivity contribution in [3.8, 4) is 0 Å². The van der Waals surface area contributed by atoms with E-state index in [1.807, 2.05) is 18.2 Å². The number of carbonyl (C=O) groups is 1. The Labute approximate surface area is 151 Å². The van der Waals surface area contributed by atoms with Gasteiger partial charge in [-0.25, -0.2) is 4.39 Å². The van der Waals surface area contributed by atoms with Crippen LogP contribution in [0.5, 0.6) is 0 Å². The molecule has 25 heavy (non-hydrogen) atoms. The van der Waals surface area contributed by atoms with Crippen molar-refractivity contribution in [2.45, 2.75) is 32.2 Å². The number of hydrazine groups is 1. The maximum absolute atomic E-state index is 12.9. The summed E-state index contributed by atoms with van der Waals surface area (Å²) in [6, 6.07) is 12.0. The van der Waals surface area contributed by atoms with Gasteiger partial charge in [0.2, 0.25) is 0 Å². The second-order valence-electron chi connectivity index (χ2n) is 6.08. The number of thiocarbonyl (C=S) groups is 1. The van der Waals surface area contributed by atoms with Gasteiger partial charge in [-0.3, -0.25) is 15.6 Å². The highest BCUT2D eigenvalue weighted by atomic mass is 32.1. The first-order valence-corrected chi connectivity index (χ1v) is 8.73. The molecule has 130 valence electrons. The van der Waals surface area contributed by atoms with Crippen molar-refractivity contribution in [3.05, 3.63) is 70.5 Å². The monoisotopic (exact) mass is 357 g/mol. The number of benzene rings is 2. The van der Waals surface area contributed by atoms with Crippen molar-refractivity contribution in [2.75, 3.05) is 0 Å². The Kier molecular flexibility index (Phi) is 5.60.